The maximum Gasteiger partial charge on any atom is 0.271 e. The van der Waals surface area contributed by atoms with E-state index in [4.69, 9.17) is 5.73 Å². The summed E-state index contributed by atoms with van der Waals surface area (Å²) in [5, 5.41) is 10.9. The van der Waals surface area contributed by atoms with Gasteiger partial charge in [-0.2, -0.15) is 0 Å². The van der Waals surface area contributed by atoms with E-state index < -0.39 is 5.54 Å². The SMILES string of the molecule is CC1(N)CCCCC1C(=O)N1CCN(c2cccc([N+](=O)[O-])c2)CC1.Cl.Cl. The molecule has 1 saturated carbocycles. The number of amides is 1. The van der Waals surface area contributed by atoms with E-state index in [1.54, 1.807) is 12.1 Å². The molecule has 2 N–H and O–H groups in total. The predicted molar refractivity (Wildman–Crippen MR) is 111 cm³/mol. The number of carbonyl (C=O) groups is 1. The normalized spacial score (nSPS) is 25.2. The Kier molecular flexibility index (Phi) is 8.32. The number of piperazine rings is 1. The molecule has 1 aromatic rings. The average Bonchev–Trinajstić information content (AvgIpc) is 2.61. The number of hydrogen-bond acceptors (Lipinski definition) is 5. The Morgan fingerprint density at radius 3 is 2.48 bits per heavy atom. The van der Waals surface area contributed by atoms with Crippen LogP contribution in [0, 0.1) is 16.0 Å². The lowest BCUT2D eigenvalue weighted by Crippen LogP contribution is -2.57. The molecule has 1 aliphatic carbocycles. The third-order valence-electron chi connectivity index (χ3n) is 5.55. The second-order valence-corrected chi connectivity index (χ2v) is 7.39. The van der Waals surface area contributed by atoms with Gasteiger partial charge in [0, 0.05) is 49.5 Å². The number of rotatable bonds is 3. The Hall–Kier alpha value is -1.57. The summed E-state index contributed by atoms with van der Waals surface area (Å²) in [4.78, 5) is 27.5. The van der Waals surface area contributed by atoms with Gasteiger partial charge >= 0.3 is 0 Å². The van der Waals surface area contributed by atoms with Crippen molar-refractivity contribution in [2.75, 3.05) is 31.1 Å². The number of nitro groups is 1. The van der Waals surface area contributed by atoms with Crippen molar-refractivity contribution in [3.8, 4) is 0 Å². The zero-order valence-electron chi connectivity index (χ0n) is 15.5. The third-order valence-corrected chi connectivity index (χ3v) is 5.55. The fourth-order valence-electron chi connectivity index (χ4n) is 3.97. The van der Waals surface area contributed by atoms with E-state index >= 15 is 0 Å². The van der Waals surface area contributed by atoms with Crippen molar-refractivity contribution in [3.05, 3.63) is 34.4 Å². The van der Waals surface area contributed by atoms with E-state index in [9.17, 15) is 14.9 Å². The van der Waals surface area contributed by atoms with Crippen LogP contribution in [0.5, 0.6) is 0 Å². The number of nitro benzene ring substituents is 1. The highest BCUT2D eigenvalue weighted by Gasteiger charge is 2.40. The van der Waals surface area contributed by atoms with E-state index in [1.807, 2.05) is 17.9 Å². The monoisotopic (exact) mass is 418 g/mol. The summed E-state index contributed by atoms with van der Waals surface area (Å²) in [7, 11) is 0. The van der Waals surface area contributed by atoms with Gasteiger partial charge in [-0.15, -0.1) is 24.8 Å². The molecule has 1 aliphatic heterocycles. The van der Waals surface area contributed by atoms with Gasteiger partial charge in [-0.1, -0.05) is 18.9 Å². The summed E-state index contributed by atoms with van der Waals surface area (Å²) in [5.41, 5.74) is 6.89. The molecule has 2 atom stereocenters. The van der Waals surface area contributed by atoms with Crippen molar-refractivity contribution < 1.29 is 9.72 Å². The molecule has 2 unspecified atom stereocenters. The van der Waals surface area contributed by atoms with Gasteiger partial charge in [-0.05, 0) is 25.8 Å². The van der Waals surface area contributed by atoms with Gasteiger partial charge in [0.1, 0.15) is 0 Å². The molecular weight excluding hydrogens is 391 g/mol. The van der Waals surface area contributed by atoms with Crippen LogP contribution in [0.15, 0.2) is 24.3 Å². The van der Waals surface area contributed by atoms with Crippen LogP contribution in [0.4, 0.5) is 11.4 Å². The summed E-state index contributed by atoms with van der Waals surface area (Å²) in [6, 6.07) is 6.67. The van der Waals surface area contributed by atoms with Crippen LogP contribution in [0.2, 0.25) is 0 Å². The zero-order chi connectivity index (χ0) is 18.0. The minimum absolute atomic E-state index is 0. The molecule has 2 fully saturated rings. The summed E-state index contributed by atoms with van der Waals surface area (Å²) in [6.07, 6.45) is 3.93. The number of anilines is 1. The van der Waals surface area contributed by atoms with E-state index in [2.05, 4.69) is 4.90 Å². The van der Waals surface area contributed by atoms with Gasteiger partial charge in [-0.25, -0.2) is 0 Å². The molecule has 1 saturated heterocycles. The van der Waals surface area contributed by atoms with Gasteiger partial charge in [0.05, 0.1) is 10.8 Å². The van der Waals surface area contributed by atoms with Crippen LogP contribution in [0.3, 0.4) is 0 Å². The number of benzene rings is 1. The van der Waals surface area contributed by atoms with Crippen LogP contribution in [-0.4, -0.2) is 47.4 Å². The van der Waals surface area contributed by atoms with Crippen LogP contribution in [0.25, 0.3) is 0 Å². The van der Waals surface area contributed by atoms with Gasteiger partial charge in [-0.3, -0.25) is 14.9 Å². The second kappa shape index (κ2) is 9.57. The van der Waals surface area contributed by atoms with Gasteiger partial charge in [0.15, 0.2) is 0 Å². The Morgan fingerprint density at radius 1 is 1.22 bits per heavy atom. The van der Waals surface area contributed by atoms with Gasteiger partial charge in [0.25, 0.3) is 5.69 Å². The molecule has 152 valence electrons. The molecule has 0 spiro atoms. The van der Waals surface area contributed by atoms with Crippen LogP contribution in [-0.2, 0) is 4.79 Å². The maximum absolute atomic E-state index is 12.9. The molecule has 0 aromatic heterocycles. The minimum Gasteiger partial charge on any atom is -0.368 e. The predicted octanol–water partition coefficient (Wildman–Crippen LogP) is 2.99. The minimum atomic E-state index is -0.410. The number of nitrogens with zero attached hydrogens (tertiary/aromatic N) is 3. The van der Waals surface area contributed by atoms with E-state index in [-0.39, 0.29) is 47.2 Å². The standard InChI is InChI=1S/C18H26N4O3.2ClH/c1-18(19)8-3-2-7-16(18)17(23)21-11-9-20(10-12-21)14-5-4-6-15(13-14)22(24)25;;/h4-6,13,16H,2-3,7-12,19H2,1H3;2*1H. The summed E-state index contributed by atoms with van der Waals surface area (Å²) in [5.74, 6) is 0.0778. The molecule has 1 aromatic carbocycles. The number of nitrogens with two attached hydrogens (primary N) is 1. The molecule has 27 heavy (non-hydrogen) atoms. The first kappa shape index (κ1) is 23.5. The molecule has 9 heteroatoms. The molecule has 3 rings (SSSR count). The van der Waals surface area contributed by atoms with Crippen LogP contribution in [0.1, 0.15) is 32.6 Å². The lowest BCUT2D eigenvalue weighted by molar-refractivity contribution is -0.384. The number of non-ortho nitro benzene ring substituents is 1. The van der Waals surface area contributed by atoms with Crippen LogP contribution >= 0.6 is 24.8 Å². The van der Waals surface area contributed by atoms with Crippen molar-refractivity contribution >= 4 is 42.1 Å². The molecule has 1 amide bonds. The lowest BCUT2D eigenvalue weighted by atomic mass is 9.74. The summed E-state index contributed by atoms with van der Waals surface area (Å²) < 4.78 is 0. The fourth-order valence-corrected chi connectivity index (χ4v) is 3.97. The van der Waals surface area contributed by atoms with Crippen molar-refractivity contribution in [2.24, 2.45) is 11.7 Å². The molecule has 0 radical (unpaired) electrons. The van der Waals surface area contributed by atoms with Crippen LogP contribution < -0.4 is 10.6 Å². The molecule has 2 aliphatic rings. The van der Waals surface area contributed by atoms with Crippen molar-refractivity contribution in [1.82, 2.24) is 4.90 Å². The van der Waals surface area contributed by atoms with Gasteiger partial charge < -0.3 is 15.5 Å². The molecule has 7 nitrogen and oxygen atoms in total. The fraction of sp³-hybridized carbons (Fsp3) is 0.611. The zero-order valence-corrected chi connectivity index (χ0v) is 17.1. The summed E-state index contributed by atoms with van der Waals surface area (Å²) >= 11 is 0. The summed E-state index contributed by atoms with van der Waals surface area (Å²) in [6.45, 7) is 4.62. The van der Waals surface area contributed by atoms with E-state index in [0.717, 1.165) is 31.4 Å². The van der Waals surface area contributed by atoms with Crippen molar-refractivity contribution in [2.45, 2.75) is 38.1 Å². The average molecular weight is 419 g/mol. The number of halogens is 2. The highest BCUT2D eigenvalue weighted by atomic mass is 35.5. The molecule has 1 heterocycles. The van der Waals surface area contributed by atoms with Gasteiger partial charge in [0.2, 0.25) is 5.91 Å². The highest BCUT2D eigenvalue weighted by molar-refractivity contribution is 5.85. The first-order valence-corrected chi connectivity index (χ1v) is 8.95. The topological polar surface area (TPSA) is 92.7 Å². The first-order valence-electron chi connectivity index (χ1n) is 8.95. The number of hydrogen-bond donors (Lipinski definition) is 1. The third kappa shape index (κ3) is 5.24. The maximum atomic E-state index is 12.9. The quantitative estimate of drug-likeness (QED) is 0.601. The Balaban J connectivity index is 0.00000182. The van der Waals surface area contributed by atoms with E-state index in [1.165, 1.54) is 6.07 Å². The lowest BCUT2D eigenvalue weighted by Gasteiger charge is -2.42. The second-order valence-electron chi connectivity index (χ2n) is 7.39. The Bertz CT molecular complexity index is 664. The smallest absolute Gasteiger partial charge is 0.271 e. The number of carbonyl (C=O) groups excluding carboxylic acids is 1. The largest absolute Gasteiger partial charge is 0.368 e. The molecule has 0 bridgehead atoms. The molecular formula is C18H28Cl2N4O3. The Labute approximate surface area is 172 Å². The van der Waals surface area contributed by atoms with E-state index in [0.29, 0.717) is 26.2 Å². The Morgan fingerprint density at radius 2 is 1.89 bits per heavy atom. The first-order chi connectivity index (χ1) is 11.9. The van der Waals surface area contributed by atoms with Crippen molar-refractivity contribution in [3.63, 3.8) is 0 Å². The highest BCUT2D eigenvalue weighted by Crippen LogP contribution is 2.33. The van der Waals surface area contributed by atoms with Crippen molar-refractivity contribution in [1.29, 1.82) is 0 Å².